The molecule has 0 aliphatic carbocycles. The first-order valence-electron chi connectivity index (χ1n) is 26.0. The van der Waals surface area contributed by atoms with E-state index in [0.29, 0.717) is 0 Å². The summed E-state index contributed by atoms with van der Waals surface area (Å²) in [5, 5.41) is 3.95. The van der Waals surface area contributed by atoms with E-state index in [1.54, 1.807) is 5.19 Å². The van der Waals surface area contributed by atoms with E-state index >= 15 is 0 Å². The highest BCUT2D eigenvalue weighted by Crippen LogP contribution is 2.49. The van der Waals surface area contributed by atoms with E-state index in [1.165, 1.54) is 83.3 Å². The third kappa shape index (κ3) is 7.53. The van der Waals surface area contributed by atoms with Gasteiger partial charge < -0.3 is 4.42 Å². The lowest BCUT2D eigenvalue weighted by Gasteiger charge is -2.34. The van der Waals surface area contributed by atoms with Crippen LogP contribution < -0.4 is 14.3 Å². The second-order valence-electron chi connectivity index (χ2n) is 23.7. The first kappa shape index (κ1) is 46.1. The minimum absolute atomic E-state index is 0.156. The smallest absolute Gasteiger partial charge is 0.304 e. The molecule has 70 heavy (non-hydrogen) atoms. The molecule has 0 saturated carbocycles. The van der Waals surface area contributed by atoms with E-state index in [9.17, 15) is 0 Å². The van der Waals surface area contributed by atoms with Crippen molar-refractivity contribution in [3.8, 4) is 39.5 Å². The Morgan fingerprint density at radius 1 is 0.757 bits per heavy atom. The van der Waals surface area contributed by atoms with Crippen LogP contribution in [0.4, 0.5) is 0 Å². The molecule has 2 aliphatic heterocycles. The Morgan fingerprint density at radius 2 is 1.43 bits per heavy atom. The highest BCUT2D eigenvalue weighted by atomic mass is 28.3. The molecular weight excluding hydrogens is 867 g/mol. The van der Waals surface area contributed by atoms with Crippen LogP contribution in [0.2, 0.25) is 19.6 Å². The van der Waals surface area contributed by atoms with Gasteiger partial charge in [-0.25, -0.2) is 0 Å². The SMILES string of the molecule is C=C1CC2C(CCc3ccc4c(oc5c(C)ccc(C)c54)c3-c3n(-c4c(C(C)C)cc(-c5ccccc5)cc4C(C)C)c4ccccc4[n+]31)c1ccccc1-c1cc(CC(C)(C)C)c([Si](C)(C)C)c[n+]12. The zero-order chi connectivity index (χ0) is 49.1. The maximum absolute atomic E-state index is 7.39. The summed E-state index contributed by atoms with van der Waals surface area (Å²) in [4.78, 5) is 0. The van der Waals surface area contributed by atoms with Crippen molar-refractivity contribution >= 4 is 51.9 Å². The summed E-state index contributed by atoms with van der Waals surface area (Å²) in [7, 11) is -1.78. The molecule has 0 N–H and O–H groups in total. The first-order valence-corrected chi connectivity index (χ1v) is 29.5. The van der Waals surface area contributed by atoms with Gasteiger partial charge in [0.15, 0.2) is 28.9 Å². The molecule has 0 saturated heterocycles. The average Bonchev–Trinajstić information content (AvgIpc) is 3.88. The third-order valence-corrected chi connectivity index (χ3v) is 17.8. The van der Waals surface area contributed by atoms with Gasteiger partial charge in [-0.05, 0) is 120 Å². The van der Waals surface area contributed by atoms with Gasteiger partial charge in [0.25, 0.3) is 0 Å². The predicted molar refractivity (Wildman–Crippen MR) is 298 cm³/mol. The Kier molecular flexibility index (Phi) is 11.2. The number of allylic oxidation sites excluding steroid dienone is 1. The Morgan fingerprint density at radius 3 is 2.13 bits per heavy atom. The topological polar surface area (TPSA) is 25.8 Å². The van der Waals surface area contributed by atoms with Gasteiger partial charge in [0.05, 0.1) is 14.5 Å². The molecule has 11 rings (SSSR count). The number of furan rings is 1. The van der Waals surface area contributed by atoms with E-state index in [2.05, 4.69) is 223 Å². The fourth-order valence-corrected chi connectivity index (χ4v) is 14.1. The lowest BCUT2D eigenvalue weighted by atomic mass is 9.77. The van der Waals surface area contributed by atoms with E-state index in [0.717, 1.165) is 59.5 Å². The van der Waals surface area contributed by atoms with Crippen molar-refractivity contribution in [2.45, 2.75) is 131 Å². The van der Waals surface area contributed by atoms with Crippen LogP contribution in [0, 0.1) is 19.3 Å². The van der Waals surface area contributed by atoms with Gasteiger partial charge in [0.1, 0.15) is 22.5 Å². The molecule has 4 nitrogen and oxygen atoms in total. The molecular formula is C65H71N3OSi+2. The average molecular weight is 938 g/mol. The second kappa shape index (κ2) is 16.9. The fourth-order valence-electron chi connectivity index (χ4n) is 12.5. The molecule has 2 atom stereocenters. The van der Waals surface area contributed by atoms with Crippen LogP contribution in [-0.4, -0.2) is 12.6 Å². The molecule has 0 spiro atoms. The number of aryl methyl sites for hydroxylation is 3. The summed E-state index contributed by atoms with van der Waals surface area (Å²) in [6, 6.07) is 46.4. The van der Waals surface area contributed by atoms with Crippen LogP contribution in [0.5, 0.6) is 0 Å². The quantitative estimate of drug-likeness (QED) is 0.120. The largest absolute Gasteiger partial charge is 0.455 e. The van der Waals surface area contributed by atoms with Crippen molar-refractivity contribution in [1.82, 2.24) is 4.57 Å². The monoisotopic (exact) mass is 938 g/mol. The Hall–Kier alpha value is -6.30. The third-order valence-electron chi connectivity index (χ3n) is 15.7. The van der Waals surface area contributed by atoms with Gasteiger partial charge >= 0.3 is 5.82 Å². The van der Waals surface area contributed by atoms with Crippen LogP contribution in [0.15, 0.2) is 139 Å². The van der Waals surface area contributed by atoms with Crippen molar-refractivity contribution in [3.05, 3.63) is 173 Å². The highest BCUT2D eigenvalue weighted by molar-refractivity contribution is 6.89. The molecule has 2 aliphatic rings. The minimum atomic E-state index is -1.78. The van der Waals surface area contributed by atoms with E-state index in [4.69, 9.17) is 11.0 Å². The van der Waals surface area contributed by atoms with Crippen molar-refractivity contribution in [1.29, 1.82) is 0 Å². The van der Waals surface area contributed by atoms with Crippen LogP contribution in [0.25, 0.3) is 78.1 Å². The number of nitrogens with zero attached hydrogens (tertiary/aromatic N) is 3. The van der Waals surface area contributed by atoms with Crippen LogP contribution in [-0.2, 0) is 12.8 Å². The molecule has 0 fully saturated rings. The second-order valence-corrected chi connectivity index (χ2v) is 28.7. The number of fused-ring (bicyclic) bond motifs is 15. The van der Waals surface area contributed by atoms with Crippen molar-refractivity contribution in [2.75, 3.05) is 0 Å². The molecule has 2 unspecified atom stereocenters. The number of benzene rings is 6. The van der Waals surface area contributed by atoms with Crippen LogP contribution in [0.3, 0.4) is 0 Å². The number of pyridine rings is 1. The summed E-state index contributed by atoms with van der Waals surface area (Å²) in [6.45, 7) is 33.9. The maximum Gasteiger partial charge on any atom is 0.304 e. The molecule has 5 heterocycles. The molecule has 5 heteroatoms. The minimum Gasteiger partial charge on any atom is -0.455 e. The van der Waals surface area contributed by atoms with Gasteiger partial charge in [-0.15, -0.1) is 0 Å². The standard InChI is InChI=1S/C65H71N3OSi/c1-39(2)52-34-46(44-21-15-14-16-22-44)35-53(40(3)4)61(52)68-55-26-20-19-25-54(55)67-43(7)33-56-50(31-29-45-30-32-51-59-41(5)27-28-42(6)62(59)69-63(51)60(45)64(67)68)48-23-17-18-24-49(48)57-36-47(37-65(8,9)10)58(38-66(56)57)70(11,12)13/h14-28,30,32,34-36,38-40,50,56H,7,29,31,33,37H2,1-6,8-13H3/q+2. The lowest BCUT2D eigenvalue weighted by Crippen LogP contribution is -2.54. The van der Waals surface area contributed by atoms with Gasteiger partial charge in [-0.1, -0.05) is 160 Å². The van der Waals surface area contributed by atoms with E-state index in [-0.39, 0.29) is 29.2 Å². The maximum atomic E-state index is 7.39. The Bertz CT molecular complexity index is 3540. The molecule has 0 radical (unpaired) electrons. The first-order chi connectivity index (χ1) is 33.4. The van der Waals surface area contributed by atoms with Gasteiger partial charge in [0.2, 0.25) is 5.69 Å². The zero-order valence-electron chi connectivity index (χ0n) is 43.7. The highest BCUT2D eigenvalue weighted by Gasteiger charge is 2.46. The number of imidazole rings is 1. The molecule has 354 valence electrons. The van der Waals surface area contributed by atoms with Crippen LogP contribution in [0.1, 0.15) is 124 Å². The van der Waals surface area contributed by atoms with Gasteiger partial charge in [0, 0.05) is 44.6 Å². The van der Waals surface area contributed by atoms with Gasteiger partial charge in [-0.2, -0.15) is 13.7 Å². The fraction of sp³-hybridized carbons (Fsp3) is 0.323. The Balaban J connectivity index is 1.26. The summed E-state index contributed by atoms with van der Waals surface area (Å²) < 4.78 is 15.3. The zero-order valence-corrected chi connectivity index (χ0v) is 44.7. The number of hydrogen-bond donors (Lipinski definition) is 0. The number of aromatic nitrogens is 3. The Labute approximate surface area is 417 Å². The number of para-hydroxylation sites is 2. The van der Waals surface area contributed by atoms with Crippen molar-refractivity contribution < 1.29 is 13.6 Å². The molecule has 6 aromatic carbocycles. The number of rotatable bonds is 6. The van der Waals surface area contributed by atoms with E-state index in [1.807, 2.05) is 0 Å². The van der Waals surface area contributed by atoms with E-state index < -0.39 is 8.07 Å². The number of hydrogen-bond acceptors (Lipinski definition) is 1. The summed E-state index contributed by atoms with van der Waals surface area (Å²) in [5.74, 6) is 1.87. The summed E-state index contributed by atoms with van der Waals surface area (Å²) in [6.07, 6.45) is 6.35. The van der Waals surface area contributed by atoms with Crippen molar-refractivity contribution in [2.24, 2.45) is 5.41 Å². The molecule has 9 aromatic rings. The van der Waals surface area contributed by atoms with Crippen LogP contribution >= 0.6 is 0 Å². The van der Waals surface area contributed by atoms with Crippen molar-refractivity contribution in [3.63, 3.8) is 0 Å². The summed E-state index contributed by atoms with van der Waals surface area (Å²) in [5.41, 5.74) is 22.5. The molecule has 0 bridgehead atoms. The normalized spacial score (nSPS) is 16.2. The van der Waals surface area contributed by atoms with Gasteiger partial charge in [-0.3, -0.25) is 0 Å². The molecule has 0 amide bonds. The molecule has 3 aromatic heterocycles. The predicted octanol–water partition coefficient (Wildman–Crippen LogP) is 16.2. The lowest BCUT2D eigenvalue weighted by molar-refractivity contribution is -0.719. The summed E-state index contributed by atoms with van der Waals surface area (Å²) >= 11 is 0.